The lowest BCUT2D eigenvalue weighted by Gasteiger charge is -2.13. The Hall–Kier alpha value is -1.40. The van der Waals surface area contributed by atoms with Crippen molar-refractivity contribution < 1.29 is 17.6 Å². The zero-order valence-electron chi connectivity index (χ0n) is 9.04. The van der Waals surface area contributed by atoms with E-state index in [0.29, 0.717) is 5.56 Å². The van der Waals surface area contributed by atoms with Crippen molar-refractivity contribution in [2.24, 2.45) is 5.73 Å². The molecule has 2 rings (SSSR count). The zero-order chi connectivity index (χ0) is 13.3. The summed E-state index contributed by atoms with van der Waals surface area (Å²) in [7, 11) is 0. The van der Waals surface area contributed by atoms with E-state index in [1.165, 1.54) is 17.4 Å². The Balaban J connectivity index is 2.35. The van der Waals surface area contributed by atoms with Crippen LogP contribution in [0.5, 0.6) is 0 Å². The van der Waals surface area contributed by atoms with Crippen LogP contribution in [0.25, 0.3) is 0 Å². The summed E-state index contributed by atoms with van der Waals surface area (Å²) in [6, 6.07) is 3.90. The van der Waals surface area contributed by atoms with Crippen LogP contribution in [0, 0.1) is 5.82 Å². The van der Waals surface area contributed by atoms with E-state index in [4.69, 9.17) is 5.73 Å². The minimum atomic E-state index is -4.69. The minimum absolute atomic E-state index is 0.318. The number of alkyl halides is 3. The quantitative estimate of drug-likeness (QED) is 0.825. The van der Waals surface area contributed by atoms with Crippen LogP contribution < -0.4 is 5.73 Å². The Bertz CT molecular complexity index is 534. The van der Waals surface area contributed by atoms with Gasteiger partial charge in [0.1, 0.15) is 5.82 Å². The molecule has 0 spiro atoms. The average Bonchev–Trinajstić information content (AvgIpc) is 2.79. The van der Waals surface area contributed by atoms with Gasteiger partial charge in [-0.3, -0.25) is 0 Å². The van der Waals surface area contributed by atoms with Gasteiger partial charge < -0.3 is 5.73 Å². The van der Waals surface area contributed by atoms with E-state index in [9.17, 15) is 17.6 Å². The number of hydrogen-bond donors (Lipinski definition) is 1. The summed E-state index contributed by atoms with van der Waals surface area (Å²) in [6.45, 7) is 0. The van der Waals surface area contributed by atoms with Gasteiger partial charge in [0.05, 0.1) is 11.6 Å². The van der Waals surface area contributed by atoms with Gasteiger partial charge in [0, 0.05) is 0 Å². The zero-order valence-corrected chi connectivity index (χ0v) is 9.86. The Labute approximate surface area is 105 Å². The molecule has 1 atom stereocenters. The molecular formula is C12H9F4NS. The molecule has 1 aromatic carbocycles. The van der Waals surface area contributed by atoms with Gasteiger partial charge in [-0.25, -0.2) is 4.39 Å². The topological polar surface area (TPSA) is 26.0 Å². The summed E-state index contributed by atoms with van der Waals surface area (Å²) < 4.78 is 50.5. The summed E-state index contributed by atoms with van der Waals surface area (Å²) in [5.74, 6) is -1.30. The maximum atomic E-state index is 13.4. The highest BCUT2D eigenvalue weighted by Gasteiger charge is 2.34. The minimum Gasteiger partial charge on any atom is -0.320 e. The summed E-state index contributed by atoms with van der Waals surface area (Å²) in [5, 5.41) is 3.58. The van der Waals surface area contributed by atoms with Crippen molar-refractivity contribution in [1.29, 1.82) is 0 Å². The van der Waals surface area contributed by atoms with Crippen molar-refractivity contribution in [3.8, 4) is 0 Å². The second-order valence-corrected chi connectivity index (χ2v) is 4.55. The van der Waals surface area contributed by atoms with Gasteiger partial charge in [-0.2, -0.15) is 24.5 Å². The van der Waals surface area contributed by atoms with E-state index >= 15 is 0 Å². The molecule has 0 amide bonds. The van der Waals surface area contributed by atoms with Gasteiger partial charge in [0.25, 0.3) is 0 Å². The number of thiophene rings is 1. The second-order valence-electron chi connectivity index (χ2n) is 3.77. The second kappa shape index (κ2) is 4.70. The third kappa shape index (κ3) is 2.54. The maximum absolute atomic E-state index is 13.4. The Morgan fingerprint density at radius 3 is 2.33 bits per heavy atom. The average molecular weight is 275 g/mol. The normalized spacial score (nSPS) is 13.6. The van der Waals surface area contributed by atoms with Crippen LogP contribution in [0.4, 0.5) is 17.6 Å². The molecule has 0 aliphatic carbocycles. The molecule has 0 aliphatic rings. The van der Waals surface area contributed by atoms with Crippen LogP contribution >= 0.6 is 11.3 Å². The summed E-state index contributed by atoms with van der Waals surface area (Å²) in [5.41, 5.74) is 5.64. The first-order valence-corrected chi connectivity index (χ1v) is 5.98. The van der Waals surface area contributed by atoms with E-state index in [1.807, 2.05) is 0 Å². The first-order chi connectivity index (χ1) is 8.39. The van der Waals surface area contributed by atoms with Gasteiger partial charge in [0.2, 0.25) is 0 Å². The number of benzene rings is 1. The lowest BCUT2D eigenvalue weighted by atomic mass is 10.0. The van der Waals surface area contributed by atoms with Gasteiger partial charge in [-0.15, -0.1) is 0 Å². The molecule has 18 heavy (non-hydrogen) atoms. The van der Waals surface area contributed by atoms with Crippen molar-refractivity contribution in [2.75, 3.05) is 0 Å². The van der Waals surface area contributed by atoms with E-state index in [1.54, 1.807) is 16.8 Å². The third-order valence-electron chi connectivity index (χ3n) is 2.56. The molecule has 1 nitrogen and oxygen atoms in total. The van der Waals surface area contributed by atoms with Crippen molar-refractivity contribution in [1.82, 2.24) is 0 Å². The standard InChI is InChI=1S/C12H9F4NS/c13-10-5-7(1-2-9(10)12(14,15)16)11(17)8-3-4-18-6-8/h1-6,11H,17H2/t11-/m0/s1. The fourth-order valence-electron chi connectivity index (χ4n) is 1.60. The monoisotopic (exact) mass is 275 g/mol. The third-order valence-corrected chi connectivity index (χ3v) is 3.26. The van der Waals surface area contributed by atoms with Gasteiger partial charge in [-0.1, -0.05) is 6.07 Å². The summed E-state index contributed by atoms with van der Waals surface area (Å²) in [4.78, 5) is 0. The van der Waals surface area contributed by atoms with E-state index in [-0.39, 0.29) is 0 Å². The van der Waals surface area contributed by atoms with Crippen molar-refractivity contribution in [3.05, 3.63) is 57.5 Å². The molecule has 0 saturated carbocycles. The molecule has 1 aromatic heterocycles. The Kier molecular flexibility index (Phi) is 3.41. The molecular weight excluding hydrogens is 266 g/mol. The molecule has 1 heterocycles. The highest BCUT2D eigenvalue weighted by Crippen LogP contribution is 2.33. The predicted molar refractivity (Wildman–Crippen MR) is 61.8 cm³/mol. The van der Waals surface area contributed by atoms with E-state index in [2.05, 4.69) is 0 Å². The fourth-order valence-corrected chi connectivity index (χ4v) is 2.30. The van der Waals surface area contributed by atoms with Gasteiger partial charge in [0.15, 0.2) is 0 Å². The Morgan fingerprint density at radius 2 is 1.83 bits per heavy atom. The first-order valence-electron chi connectivity index (χ1n) is 5.04. The Morgan fingerprint density at radius 1 is 1.11 bits per heavy atom. The molecule has 0 aliphatic heterocycles. The lowest BCUT2D eigenvalue weighted by molar-refractivity contribution is -0.140. The SMILES string of the molecule is N[C@H](c1ccsc1)c1ccc(C(F)(F)F)c(F)c1. The van der Waals surface area contributed by atoms with Gasteiger partial charge in [-0.05, 0) is 40.1 Å². The summed E-state index contributed by atoms with van der Waals surface area (Å²) >= 11 is 1.42. The van der Waals surface area contributed by atoms with Gasteiger partial charge >= 0.3 is 6.18 Å². The van der Waals surface area contributed by atoms with E-state index < -0.39 is 23.6 Å². The molecule has 0 saturated heterocycles. The molecule has 2 N–H and O–H groups in total. The smallest absolute Gasteiger partial charge is 0.320 e. The van der Waals surface area contributed by atoms with Crippen molar-refractivity contribution >= 4 is 11.3 Å². The van der Waals surface area contributed by atoms with Crippen LogP contribution in [0.3, 0.4) is 0 Å². The number of rotatable bonds is 2. The fraction of sp³-hybridized carbons (Fsp3) is 0.167. The van der Waals surface area contributed by atoms with Crippen LogP contribution in [-0.4, -0.2) is 0 Å². The highest BCUT2D eigenvalue weighted by atomic mass is 32.1. The van der Waals surface area contributed by atoms with Crippen LogP contribution in [0.1, 0.15) is 22.7 Å². The molecule has 0 radical (unpaired) electrons. The van der Waals surface area contributed by atoms with Crippen molar-refractivity contribution in [3.63, 3.8) is 0 Å². The predicted octanol–water partition coefficient (Wildman–Crippen LogP) is 3.95. The van der Waals surface area contributed by atoms with Crippen molar-refractivity contribution in [2.45, 2.75) is 12.2 Å². The molecule has 96 valence electrons. The lowest BCUT2D eigenvalue weighted by Crippen LogP contribution is -2.13. The molecule has 0 fully saturated rings. The highest BCUT2D eigenvalue weighted by molar-refractivity contribution is 7.08. The molecule has 6 heteroatoms. The maximum Gasteiger partial charge on any atom is 0.419 e. The number of hydrogen-bond acceptors (Lipinski definition) is 2. The number of halogens is 4. The van der Waals surface area contributed by atoms with Crippen LogP contribution in [0.15, 0.2) is 35.0 Å². The molecule has 2 aromatic rings. The number of nitrogens with two attached hydrogens (primary N) is 1. The molecule has 0 bridgehead atoms. The first kappa shape index (κ1) is 13.0. The summed E-state index contributed by atoms with van der Waals surface area (Å²) in [6.07, 6.45) is -4.69. The van der Waals surface area contributed by atoms with Crippen LogP contribution in [0.2, 0.25) is 0 Å². The van der Waals surface area contributed by atoms with E-state index in [0.717, 1.165) is 17.7 Å². The van der Waals surface area contributed by atoms with Crippen LogP contribution in [-0.2, 0) is 6.18 Å². The molecule has 0 unspecified atom stereocenters. The largest absolute Gasteiger partial charge is 0.419 e.